The molecule has 0 spiro atoms. The van der Waals surface area contributed by atoms with Gasteiger partial charge in [0.2, 0.25) is 0 Å². The van der Waals surface area contributed by atoms with Gasteiger partial charge in [-0.1, -0.05) is 0 Å². The quantitative estimate of drug-likeness (QED) is 0.445. The summed E-state index contributed by atoms with van der Waals surface area (Å²) >= 11 is 0. The summed E-state index contributed by atoms with van der Waals surface area (Å²) in [6.45, 7) is 1.05. The lowest BCUT2D eigenvalue weighted by molar-refractivity contribution is -0.217. The first kappa shape index (κ1) is 12.9. The first-order valence-electron chi connectivity index (χ1n) is 4.42. The monoisotopic (exact) mass is 241 g/mol. The van der Waals surface area contributed by atoms with Crippen LogP contribution in [0.1, 0.15) is 6.92 Å². The molecule has 15 heavy (non-hydrogen) atoms. The smallest absolute Gasteiger partial charge is 0.394 e. The Kier molecular flexibility index (Phi) is 4.54. The molecule has 0 aromatic carbocycles. The maximum atomic E-state index is 10.5. The van der Waals surface area contributed by atoms with Gasteiger partial charge in [0, 0.05) is 4.57 Å². The number of hydrogen-bond acceptors (Lipinski definition) is 6. The highest BCUT2D eigenvalue weighted by Crippen LogP contribution is 2.29. The van der Waals surface area contributed by atoms with Gasteiger partial charge in [0.05, 0.1) is 12.7 Å². The zero-order valence-corrected chi connectivity index (χ0v) is 8.95. The molecule has 6 unspecified atom stereocenters. The molecule has 1 rings (SSSR count). The fourth-order valence-corrected chi connectivity index (χ4v) is 1.98. The molecule has 7 nitrogen and oxygen atoms in total. The van der Waals surface area contributed by atoms with Gasteiger partial charge in [-0.2, -0.15) is 0 Å². The van der Waals surface area contributed by atoms with Gasteiger partial charge in [-0.25, -0.2) is 0 Å². The lowest BCUT2D eigenvalue weighted by atomic mass is 9.96. The zero-order chi connectivity index (χ0) is 11.6. The van der Waals surface area contributed by atoms with E-state index in [1.54, 1.807) is 0 Å². The first-order valence-corrected chi connectivity index (χ1v) is 5.55. The first-order chi connectivity index (χ1) is 6.97. The predicted octanol–water partition coefficient (Wildman–Crippen LogP) is -1.48. The van der Waals surface area contributed by atoms with Crippen molar-refractivity contribution >= 4 is 8.25 Å². The van der Waals surface area contributed by atoms with Crippen LogP contribution in [0.2, 0.25) is 0 Å². The number of aliphatic hydroxyl groups excluding tert-OH is 3. The van der Waals surface area contributed by atoms with Gasteiger partial charge in [0.25, 0.3) is 0 Å². The molecule has 0 aromatic rings. The predicted molar refractivity (Wildman–Crippen MR) is 48.1 cm³/mol. The van der Waals surface area contributed by atoms with Crippen molar-refractivity contribution in [3.05, 3.63) is 0 Å². The zero-order valence-electron chi connectivity index (χ0n) is 8.05. The Morgan fingerprint density at radius 3 is 2.47 bits per heavy atom. The highest BCUT2D eigenvalue weighted by molar-refractivity contribution is 7.32. The van der Waals surface area contributed by atoms with Gasteiger partial charge in [-0.05, 0) is 6.92 Å². The van der Waals surface area contributed by atoms with E-state index in [0.29, 0.717) is 0 Å². The Labute approximate surface area is 87.2 Å². The van der Waals surface area contributed by atoms with Crippen molar-refractivity contribution in [1.82, 2.24) is 0 Å². The SMILES string of the molecule is CC1OC(CO)C(O[P+](=O)O)C(O)C1O. The van der Waals surface area contributed by atoms with Crippen LogP contribution in [-0.2, 0) is 13.8 Å². The van der Waals surface area contributed by atoms with Crippen LogP contribution in [0.15, 0.2) is 0 Å². The fourth-order valence-electron chi connectivity index (χ4n) is 1.51. The lowest BCUT2D eigenvalue weighted by Crippen LogP contribution is -2.58. The summed E-state index contributed by atoms with van der Waals surface area (Å²) in [4.78, 5) is 8.54. The molecular weight excluding hydrogens is 227 g/mol. The molecule has 6 atom stereocenters. The third-order valence-corrected chi connectivity index (χ3v) is 2.74. The minimum Gasteiger partial charge on any atom is -0.394 e. The van der Waals surface area contributed by atoms with Gasteiger partial charge < -0.3 is 20.1 Å². The summed E-state index contributed by atoms with van der Waals surface area (Å²) in [5.74, 6) is 0. The number of aliphatic hydroxyl groups is 3. The molecule has 0 aliphatic carbocycles. The third kappa shape index (κ3) is 2.92. The van der Waals surface area contributed by atoms with Crippen molar-refractivity contribution in [2.24, 2.45) is 0 Å². The fraction of sp³-hybridized carbons (Fsp3) is 1.00. The second-order valence-corrected chi connectivity index (χ2v) is 4.04. The number of rotatable bonds is 3. The molecule has 4 N–H and O–H groups in total. The summed E-state index contributed by atoms with van der Waals surface area (Å²) in [6, 6.07) is 0. The summed E-state index contributed by atoms with van der Waals surface area (Å²) in [5, 5.41) is 27.9. The summed E-state index contributed by atoms with van der Waals surface area (Å²) < 4.78 is 20.1. The van der Waals surface area contributed by atoms with Crippen molar-refractivity contribution < 1.29 is 34.0 Å². The van der Waals surface area contributed by atoms with Gasteiger partial charge in [-0.15, -0.1) is 9.42 Å². The maximum absolute atomic E-state index is 10.5. The molecule has 0 bridgehead atoms. The number of ether oxygens (including phenoxy) is 1. The van der Waals surface area contributed by atoms with E-state index in [4.69, 9.17) is 14.7 Å². The summed E-state index contributed by atoms with van der Waals surface area (Å²) in [6.07, 6.45) is -5.39. The van der Waals surface area contributed by atoms with E-state index in [0.717, 1.165) is 0 Å². The van der Waals surface area contributed by atoms with Crippen molar-refractivity contribution in [1.29, 1.82) is 0 Å². The van der Waals surface area contributed by atoms with Gasteiger partial charge >= 0.3 is 8.25 Å². The molecule has 1 aliphatic rings. The van der Waals surface area contributed by atoms with Crippen LogP contribution in [0.3, 0.4) is 0 Å². The van der Waals surface area contributed by atoms with E-state index in [-0.39, 0.29) is 0 Å². The Balaban J connectivity index is 2.75. The molecular formula is C7H14O7P+. The molecule has 1 heterocycles. The van der Waals surface area contributed by atoms with E-state index in [9.17, 15) is 14.8 Å². The van der Waals surface area contributed by atoms with Crippen LogP contribution in [0.5, 0.6) is 0 Å². The van der Waals surface area contributed by atoms with Crippen LogP contribution >= 0.6 is 8.25 Å². The van der Waals surface area contributed by atoms with Crippen LogP contribution in [0, 0.1) is 0 Å². The maximum Gasteiger partial charge on any atom is 0.695 e. The van der Waals surface area contributed by atoms with Gasteiger partial charge in [0.1, 0.15) is 18.3 Å². The average molecular weight is 241 g/mol. The second-order valence-electron chi connectivity index (χ2n) is 3.35. The van der Waals surface area contributed by atoms with Crippen molar-refractivity contribution in [2.75, 3.05) is 6.61 Å². The largest absolute Gasteiger partial charge is 0.695 e. The summed E-state index contributed by atoms with van der Waals surface area (Å²) in [7, 11) is -2.93. The van der Waals surface area contributed by atoms with E-state index in [2.05, 4.69) is 4.52 Å². The van der Waals surface area contributed by atoms with E-state index in [1.807, 2.05) is 0 Å². The van der Waals surface area contributed by atoms with Crippen molar-refractivity contribution in [3.63, 3.8) is 0 Å². The molecule has 0 aromatic heterocycles. The highest BCUT2D eigenvalue weighted by atomic mass is 31.1. The minimum atomic E-state index is -2.93. The number of hydrogen-bond donors (Lipinski definition) is 4. The molecule has 0 radical (unpaired) electrons. The van der Waals surface area contributed by atoms with Crippen molar-refractivity contribution in [3.8, 4) is 0 Å². The average Bonchev–Trinajstić information content (AvgIpc) is 2.18. The Hall–Kier alpha value is -0.140. The van der Waals surface area contributed by atoms with Crippen LogP contribution < -0.4 is 0 Å². The van der Waals surface area contributed by atoms with Crippen LogP contribution in [-0.4, -0.2) is 57.3 Å². The Bertz CT molecular complexity index is 233. The Morgan fingerprint density at radius 2 is 2.00 bits per heavy atom. The standard InChI is InChI=1S/C7H13O7P/c1-3-5(9)6(10)7(14-15(11)12)4(2-8)13-3/h3-10H,2H2,1H3/p+1. The molecule has 1 fully saturated rings. The lowest BCUT2D eigenvalue weighted by Gasteiger charge is -2.38. The van der Waals surface area contributed by atoms with E-state index >= 15 is 0 Å². The third-order valence-electron chi connectivity index (χ3n) is 2.32. The second kappa shape index (κ2) is 5.27. The van der Waals surface area contributed by atoms with Crippen LogP contribution in [0.4, 0.5) is 0 Å². The Morgan fingerprint density at radius 1 is 1.40 bits per heavy atom. The van der Waals surface area contributed by atoms with E-state index < -0.39 is 45.4 Å². The highest BCUT2D eigenvalue weighted by Gasteiger charge is 2.47. The van der Waals surface area contributed by atoms with Crippen LogP contribution in [0.25, 0.3) is 0 Å². The minimum absolute atomic E-state index is 0.470. The molecule has 0 saturated carbocycles. The van der Waals surface area contributed by atoms with E-state index in [1.165, 1.54) is 6.92 Å². The van der Waals surface area contributed by atoms with Crippen molar-refractivity contribution in [2.45, 2.75) is 37.4 Å². The van der Waals surface area contributed by atoms with Gasteiger partial charge in [0.15, 0.2) is 6.10 Å². The normalized spacial score (nSPS) is 42.7. The molecule has 88 valence electrons. The molecule has 1 aliphatic heterocycles. The molecule has 1 saturated heterocycles. The van der Waals surface area contributed by atoms with Gasteiger partial charge in [-0.3, -0.25) is 0 Å². The molecule has 8 heteroatoms. The summed E-state index contributed by atoms with van der Waals surface area (Å²) in [5.41, 5.74) is 0. The molecule has 0 amide bonds. The topological polar surface area (TPSA) is 116 Å².